The minimum atomic E-state index is -0.626. The van der Waals surface area contributed by atoms with E-state index in [1.165, 1.54) is 29.5 Å². The summed E-state index contributed by atoms with van der Waals surface area (Å²) in [6.45, 7) is 0. The standard InChI is InChI=1S/C14H9ClFN3OS/c15-7-4-5-10-11(6-7)21-14(18-10)19-13(20)8-2-1-3-9(16)12(8)17/h1-6H,17H2,(H,18,19,20). The third-order valence-corrected chi connectivity index (χ3v) is 4.04. The Bertz CT molecular complexity index is 849. The number of rotatable bonds is 2. The molecule has 0 spiro atoms. The lowest BCUT2D eigenvalue weighted by atomic mass is 10.1. The van der Waals surface area contributed by atoms with E-state index in [1.807, 2.05) is 0 Å². The van der Waals surface area contributed by atoms with Gasteiger partial charge in [0.25, 0.3) is 5.91 Å². The molecule has 0 aliphatic heterocycles. The van der Waals surface area contributed by atoms with Gasteiger partial charge in [-0.25, -0.2) is 9.37 Å². The van der Waals surface area contributed by atoms with Gasteiger partial charge in [-0.2, -0.15) is 0 Å². The van der Waals surface area contributed by atoms with Crippen LogP contribution in [0.25, 0.3) is 10.2 Å². The van der Waals surface area contributed by atoms with E-state index in [-0.39, 0.29) is 11.3 Å². The number of nitrogens with zero attached hydrogens (tertiary/aromatic N) is 1. The summed E-state index contributed by atoms with van der Waals surface area (Å²) in [4.78, 5) is 16.4. The first-order valence-corrected chi connectivity index (χ1v) is 7.15. The first-order valence-electron chi connectivity index (χ1n) is 5.96. The number of carbonyl (C=O) groups is 1. The minimum Gasteiger partial charge on any atom is -0.396 e. The van der Waals surface area contributed by atoms with Gasteiger partial charge in [-0.3, -0.25) is 10.1 Å². The number of para-hydroxylation sites is 1. The van der Waals surface area contributed by atoms with Crippen LogP contribution in [0.3, 0.4) is 0 Å². The first-order chi connectivity index (χ1) is 10.0. The predicted molar refractivity (Wildman–Crippen MR) is 83.4 cm³/mol. The van der Waals surface area contributed by atoms with Gasteiger partial charge in [-0.15, -0.1) is 0 Å². The molecule has 0 saturated carbocycles. The molecule has 0 aliphatic rings. The number of hydrogen-bond donors (Lipinski definition) is 2. The summed E-state index contributed by atoms with van der Waals surface area (Å²) in [6.07, 6.45) is 0. The Morgan fingerprint density at radius 2 is 2.14 bits per heavy atom. The molecule has 0 radical (unpaired) electrons. The fourth-order valence-electron chi connectivity index (χ4n) is 1.85. The molecule has 4 nitrogen and oxygen atoms in total. The third kappa shape index (κ3) is 2.68. The Hall–Kier alpha value is -2.18. The Morgan fingerprint density at radius 1 is 1.33 bits per heavy atom. The van der Waals surface area contributed by atoms with Crippen LogP contribution in [0.2, 0.25) is 5.02 Å². The second-order valence-corrected chi connectivity index (χ2v) is 5.75. The van der Waals surface area contributed by atoms with Gasteiger partial charge >= 0.3 is 0 Å². The smallest absolute Gasteiger partial charge is 0.259 e. The number of hydrogen-bond acceptors (Lipinski definition) is 4. The van der Waals surface area contributed by atoms with Gasteiger partial charge in [0.1, 0.15) is 5.82 Å². The minimum absolute atomic E-state index is 0.0762. The van der Waals surface area contributed by atoms with Crippen molar-refractivity contribution in [2.24, 2.45) is 0 Å². The normalized spacial score (nSPS) is 10.8. The van der Waals surface area contributed by atoms with E-state index in [4.69, 9.17) is 17.3 Å². The molecule has 3 N–H and O–H groups in total. The van der Waals surface area contributed by atoms with Crippen LogP contribution in [-0.2, 0) is 0 Å². The maximum absolute atomic E-state index is 13.4. The molecule has 3 rings (SSSR count). The van der Waals surface area contributed by atoms with Crippen molar-refractivity contribution < 1.29 is 9.18 Å². The highest BCUT2D eigenvalue weighted by Crippen LogP contribution is 2.29. The topological polar surface area (TPSA) is 68.0 Å². The van der Waals surface area contributed by atoms with E-state index in [1.54, 1.807) is 18.2 Å². The molecule has 0 atom stereocenters. The van der Waals surface area contributed by atoms with Crippen LogP contribution in [0.15, 0.2) is 36.4 Å². The molecule has 7 heteroatoms. The maximum atomic E-state index is 13.4. The summed E-state index contributed by atoms with van der Waals surface area (Å²) < 4.78 is 14.2. The van der Waals surface area contributed by atoms with Gasteiger partial charge in [-0.05, 0) is 30.3 Å². The van der Waals surface area contributed by atoms with Gasteiger partial charge in [0.15, 0.2) is 5.13 Å². The molecule has 2 aromatic carbocycles. The van der Waals surface area contributed by atoms with Crippen molar-refractivity contribution in [2.45, 2.75) is 0 Å². The fourth-order valence-corrected chi connectivity index (χ4v) is 2.99. The average molecular weight is 322 g/mol. The van der Waals surface area contributed by atoms with E-state index in [0.717, 1.165) is 10.2 Å². The molecule has 106 valence electrons. The maximum Gasteiger partial charge on any atom is 0.259 e. The van der Waals surface area contributed by atoms with E-state index in [0.29, 0.717) is 10.2 Å². The lowest BCUT2D eigenvalue weighted by Crippen LogP contribution is -2.14. The van der Waals surface area contributed by atoms with Gasteiger partial charge in [0, 0.05) is 5.02 Å². The summed E-state index contributed by atoms with van der Waals surface area (Å²) in [7, 11) is 0. The van der Waals surface area contributed by atoms with Crippen LogP contribution in [-0.4, -0.2) is 10.9 Å². The molecule has 0 bridgehead atoms. The number of halogens is 2. The molecule has 0 aliphatic carbocycles. The largest absolute Gasteiger partial charge is 0.396 e. The van der Waals surface area contributed by atoms with E-state index in [9.17, 15) is 9.18 Å². The highest BCUT2D eigenvalue weighted by atomic mass is 35.5. The summed E-state index contributed by atoms with van der Waals surface area (Å²) in [6, 6.07) is 9.34. The van der Waals surface area contributed by atoms with Crippen molar-refractivity contribution in [3.05, 3.63) is 52.8 Å². The zero-order chi connectivity index (χ0) is 15.0. The molecule has 0 fully saturated rings. The highest BCUT2D eigenvalue weighted by molar-refractivity contribution is 7.22. The number of carbonyl (C=O) groups excluding carboxylic acids is 1. The first kappa shape index (κ1) is 13.8. The molecule has 1 aromatic heterocycles. The van der Waals surface area contributed by atoms with Crippen molar-refractivity contribution >= 4 is 49.9 Å². The monoisotopic (exact) mass is 321 g/mol. The lowest BCUT2D eigenvalue weighted by Gasteiger charge is -2.05. The quantitative estimate of drug-likeness (QED) is 0.703. The van der Waals surface area contributed by atoms with Crippen molar-refractivity contribution in [3.8, 4) is 0 Å². The lowest BCUT2D eigenvalue weighted by molar-refractivity contribution is 0.102. The number of nitrogens with one attached hydrogen (secondary N) is 1. The summed E-state index contributed by atoms with van der Waals surface area (Å²) in [5.74, 6) is -1.13. The number of nitrogen functional groups attached to an aromatic ring is 1. The number of anilines is 2. The number of benzene rings is 2. The zero-order valence-electron chi connectivity index (χ0n) is 10.6. The predicted octanol–water partition coefficient (Wildman–Crippen LogP) is 3.92. The molecule has 1 amide bonds. The SMILES string of the molecule is Nc1c(F)cccc1C(=O)Nc1nc2ccc(Cl)cc2s1. The van der Waals surface area contributed by atoms with E-state index in [2.05, 4.69) is 10.3 Å². The average Bonchev–Trinajstić information content (AvgIpc) is 2.83. The molecule has 0 unspecified atom stereocenters. The van der Waals surface area contributed by atoms with E-state index >= 15 is 0 Å². The number of thiazole rings is 1. The second-order valence-electron chi connectivity index (χ2n) is 4.29. The van der Waals surface area contributed by atoms with Gasteiger partial charge in [0.2, 0.25) is 0 Å². The van der Waals surface area contributed by atoms with Crippen LogP contribution in [0.5, 0.6) is 0 Å². The van der Waals surface area contributed by atoms with Crippen LogP contribution in [0.4, 0.5) is 15.2 Å². The zero-order valence-corrected chi connectivity index (χ0v) is 12.1. The van der Waals surface area contributed by atoms with Crippen molar-refractivity contribution in [2.75, 3.05) is 11.1 Å². The van der Waals surface area contributed by atoms with Crippen LogP contribution >= 0.6 is 22.9 Å². The summed E-state index contributed by atoms with van der Waals surface area (Å²) in [5.41, 5.74) is 6.19. The summed E-state index contributed by atoms with van der Waals surface area (Å²) in [5, 5.41) is 3.61. The van der Waals surface area contributed by atoms with Crippen molar-refractivity contribution in [1.82, 2.24) is 4.98 Å². The van der Waals surface area contributed by atoms with Gasteiger partial charge in [-0.1, -0.05) is 29.0 Å². The molecular formula is C14H9ClFN3OS. The number of aromatic nitrogens is 1. The number of fused-ring (bicyclic) bond motifs is 1. The van der Waals surface area contributed by atoms with Crippen LogP contribution in [0.1, 0.15) is 10.4 Å². The van der Waals surface area contributed by atoms with Crippen molar-refractivity contribution in [3.63, 3.8) is 0 Å². The molecular weight excluding hydrogens is 313 g/mol. The molecule has 1 heterocycles. The Balaban J connectivity index is 1.91. The highest BCUT2D eigenvalue weighted by Gasteiger charge is 2.14. The van der Waals surface area contributed by atoms with Gasteiger partial charge in [0.05, 0.1) is 21.5 Å². The molecule has 3 aromatic rings. The summed E-state index contributed by atoms with van der Waals surface area (Å²) >= 11 is 7.18. The number of nitrogens with two attached hydrogens (primary N) is 1. The molecule has 21 heavy (non-hydrogen) atoms. The van der Waals surface area contributed by atoms with E-state index < -0.39 is 11.7 Å². The van der Waals surface area contributed by atoms with Crippen molar-refractivity contribution in [1.29, 1.82) is 0 Å². The Morgan fingerprint density at radius 3 is 2.95 bits per heavy atom. The Kier molecular flexibility index (Phi) is 3.48. The number of amides is 1. The second kappa shape index (κ2) is 5.31. The third-order valence-electron chi connectivity index (χ3n) is 2.87. The van der Waals surface area contributed by atoms with Gasteiger partial charge < -0.3 is 5.73 Å². The molecule has 0 saturated heterocycles. The fraction of sp³-hybridized carbons (Fsp3) is 0. The Labute approximate surface area is 128 Å². The van der Waals surface area contributed by atoms with Crippen LogP contribution < -0.4 is 11.1 Å². The van der Waals surface area contributed by atoms with Crippen LogP contribution in [0, 0.1) is 5.82 Å².